The topological polar surface area (TPSA) is 26.3 Å². The summed E-state index contributed by atoms with van der Waals surface area (Å²) in [4.78, 5) is 12.6. The van der Waals surface area contributed by atoms with Crippen LogP contribution in [0.4, 0.5) is 4.39 Å². The Morgan fingerprint density at radius 3 is 2.76 bits per heavy atom. The second-order valence-electron chi connectivity index (χ2n) is 4.79. The molecule has 5 heteroatoms. The van der Waals surface area contributed by atoms with E-state index in [1.807, 2.05) is 37.3 Å². The molecule has 0 fully saturated rings. The van der Waals surface area contributed by atoms with E-state index in [1.54, 1.807) is 0 Å². The molecule has 1 aromatic rings. The highest BCUT2D eigenvalue weighted by Crippen LogP contribution is 2.17. The van der Waals surface area contributed by atoms with Crippen LogP contribution in [0.3, 0.4) is 0 Å². The number of halogens is 2. The minimum atomic E-state index is -0.661. The van der Waals surface area contributed by atoms with Crippen molar-refractivity contribution in [1.82, 2.24) is 0 Å². The van der Waals surface area contributed by atoms with E-state index in [0.29, 0.717) is 24.7 Å². The van der Waals surface area contributed by atoms with E-state index in [1.165, 1.54) is 17.8 Å². The molecule has 0 aromatic heterocycles. The molecule has 0 bridgehead atoms. The van der Waals surface area contributed by atoms with E-state index < -0.39 is 5.29 Å². The van der Waals surface area contributed by atoms with Gasteiger partial charge in [0.1, 0.15) is 0 Å². The maximum absolute atomic E-state index is 12.3. The Morgan fingerprint density at radius 2 is 2.10 bits per heavy atom. The first-order chi connectivity index (χ1) is 10.1. The van der Waals surface area contributed by atoms with Gasteiger partial charge in [-0.1, -0.05) is 36.7 Å². The summed E-state index contributed by atoms with van der Waals surface area (Å²) >= 11 is 6.58. The molecule has 0 saturated heterocycles. The van der Waals surface area contributed by atoms with Gasteiger partial charge < -0.3 is 4.74 Å². The SMILES string of the molecule is C[C@@H](CC/C=C(\F)Cl)CCOC(=O)CSc1ccccc1. The predicted molar refractivity (Wildman–Crippen MR) is 86.2 cm³/mol. The molecule has 0 N–H and O–H groups in total. The van der Waals surface area contributed by atoms with Crippen molar-refractivity contribution in [3.8, 4) is 0 Å². The van der Waals surface area contributed by atoms with Crippen molar-refractivity contribution in [2.75, 3.05) is 12.4 Å². The van der Waals surface area contributed by atoms with Gasteiger partial charge in [-0.05, 0) is 43.4 Å². The van der Waals surface area contributed by atoms with Crippen LogP contribution in [0, 0.1) is 5.92 Å². The van der Waals surface area contributed by atoms with Crippen molar-refractivity contribution in [3.63, 3.8) is 0 Å². The molecule has 0 aliphatic rings. The lowest BCUT2D eigenvalue weighted by Gasteiger charge is -2.10. The largest absolute Gasteiger partial charge is 0.465 e. The summed E-state index contributed by atoms with van der Waals surface area (Å²) in [6, 6.07) is 9.74. The standard InChI is InChI=1S/C16H20ClFO2S/c1-13(6-5-9-15(17)18)10-11-20-16(19)12-21-14-7-3-2-4-8-14/h2-4,7-9,13H,5-6,10-12H2,1H3/b15-9-/t13-/m0/s1. The molecule has 116 valence electrons. The number of benzene rings is 1. The maximum atomic E-state index is 12.3. The first-order valence-corrected chi connectivity index (χ1v) is 8.29. The normalized spacial score (nSPS) is 13.0. The van der Waals surface area contributed by atoms with E-state index in [-0.39, 0.29) is 5.97 Å². The smallest absolute Gasteiger partial charge is 0.316 e. The Morgan fingerprint density at radius 1 is 1.38 bits per heavy atom. The lowest BCUT2D eigenvalue weighted by atomic mass is 10.0. The van der Waals surface area contributed by atoms with Gasteiger partial charge in [-0.3, -0.25) is 4.79 Å². The fourth-order valence-electron chi connectivity index (χ4n) is 1.70. The van der Waals surface area contributed by atoms with Crippen molar-refractivity contribution < 1.29 is 13.9 Å². The third-order valence-electron chi connectivity index (χ3n) is 2.93. The van der Waals surface area contributed by atoms with E-state index in [4.69, 9.17) is 16.3 Å². The lowest BCUT2D eigenvalue weighted by Crippen LogP contribution is -2.10. The van der Waals surface area contributed by atoms with Gasteiger partial charge in [0.05, 0.1) is 12.4 Å². The summed E-state index contributed by atoms with van der Waals surface area (Å²) in [7, 11) is 0. The molecule has 0 radical (unpaired) electrons. The Balaban J connectivity index is 2.09. The summed E-state index contributed by atoms with van der Waals surface area (Å²) in [5.74, 6) is 0.480. The first-order valence-electron chi connectivity index (χ1n) is 6.92. The van der Waals surface area contributed by atoms with Gasteiger partial charge >= 0.3 is 5.97 Å². The monoisotopic (exact) mass is 330 g/mol. The van der Waals surface area contributed by atoms with Crippen molar-refractivity contribution in [1.29, 1.82) is 0 Å². The van der Waals surface area contributed by atoms with Crippen LogP contribution < -0.4 is 0 Å². The van der Waals surface area contributed by atoms with Crippen LogP contribution in [-0.2, 0) is 9.53 Å². The Bertz CT molecular complexity index is 447. The molecule has 2 nitrogen and oxygen atoms in total. The number of ether oxygens (including phenoxy) is 1. The molecule has 0 saturated carbocycles. The molecular weight excluding hydrogens is 311 g/mol. The quantitative estimate of drug-likeness (QED) is 0.461. The molecule has 0 spiro atoms. The Labute approximate surface area is 134 Å². The van der Waals surface area contributed by atoms with Gasteiger partial charge in [-0.25, -0.2) is 0 Å². The molecule has 0 unspecified atom stereocenters. The van der Waals surface area contributed by atoms with Crippen molar-refractivity contribution in [3.05, 3.63) is 41.7 Å². The molecule has 0 aliphatic carbocycles. The molecule has 0 heterocycles. The average Bonchev–Trinajstić information content (AvgIpc) is 2.46. The van der Waals surface area contributed by atoms with Gasteiger partial charge in [0, 0.05) is 4.90 Å². The molecule has 21 heavy (non-hydrogen) atoms. The minimum Gasteiger partial charge on any atom is -0.465 e. The van der Waals surface area contributed by atoms with E-state index >= 15 is 0 Å². The fourth-order valence-corrected chi connectivity index (χ4v) is 2.52. The van der Waals surface area contributed by atoms with Crippen LogP contribution in [0.25, 0.3) is 0 Å². The number of carbonyl (C=O) groups excluding carboxylic acids is 1. The number of allylic oxidation sites excluding steroid dienone is 1. The average molecular weight is 331 g/mol. The third kappa shape index (κ3) is 9.53. The first kappa shape index (κ1) is 18.1. The third-order valence-corrected chi connectivity index (χ3v) is 4.07. The zero-order valence-electron chi connectivity index (χ0n) is 12.1. The van der Waals surface area contributed by atoms with Crippen molar-refractivity contribution in [2.45, 2.75) is 31.1 Å². The highest BCUT2D eigenvalue weighted by molar-refractivity contribution is 8.00. The number of thioether (sulfide) groups is 1. The second kappa shape index (κ2) is 10.7. The van der Waals surface area contributed by atoms with Crippen LogP contribution in [0.2, 0.25) is 0 Å². The van der Waals surface area contributed by atoms with Gasteiger partial charge in [0.15, 0.2) is 5.29 Å². The lowest BCUT2D eigenvalue weighted by molar-refractivity contribution is -0.140. The molecule has 0 aliphatic heterocycles. The molecular formula is C16H20ClFO2S. The van der Waals surface area contributed by atoms with Crippen LogP contribution in [0.5, 0.6) is 0 Å². The van der Waals surface area contributed by atoms with Crippen LogP contribution >= 0.6 is 23.4 Å². The molecule has 1 rings (SSSR count). The predicted octanol–water partition coefficient (Wildman–Crippen LogP) is 5.18. The summed E-state index contributed by atoms with van der Waals surface area (Å²) in [5.41, 5.74) is 0. The van der Waals surface area contributed by atoms with E-state index in [0.717, 1.165) is 17.7 Å². The second-order valence-corrected chi connectivity index (χ2v) is 6.20. The molecule has 0 amide bonds. The van der Waals surface area contributed by atoms with Crippen LogP contribution in [0.15, 0.2) is 46.6 Å². The van der Waals surface area contributed by atoms with E-state index in [9.17, 15) is 9.18 Å². The van der Waals surface area contributed by atoms with Gasteiger partial charge in [-0.15, -0.1) is 11.8 Å². The molecule has 1 atom stereocenters. The number of esters is 1. The summed E-state index contributed by atoms with van der Waals surface area (Å²) in [5, 5.41) is -0.661. The van der Waals surface area contributed by atoms with Crippen molar-refractivity contribution in [2.24, 2.45) is 5.92 Å². The summed E-state index contributed by atoms with van der Waals surface area (Å²) in [6.45, 7) is 2.45. The summed E-state index contributed by atoms with van der Waals surface area (Å²) < 4.78 is 17.5. The summed E-state index contributed by atoms with van der Waals surface area (Å²) in [6.07, 6.45) is 3.57. The maximum Gasteiger partial charge on any atom is 0.316 e. The number of rotatable bonds is 9. The number of carbonyl (C=O) groups is 1. The Hall–Kier alpha value is -1.00. The van der Waals surface area contributed by atoms with E-state index in [2.05, 4.69) is 0 Å². The van der Waals surface area contributed by atoms with Gasteiger partial charge in [0.2, 0.25) is 0 Å². The fraction of sp³-hybridized carbons (Fsp3) is 0.438. The minimum absolute atomic E-state index is 0.206. The highest BCUT2D eigenvalue weighted by Gasteiger charge is 2.06. The number of hydrogen-bond donors (Lipinski definition) is 0. The highest BCUT2D eigenvalue weighted by atomic mass is 35.5. The number of hydrogen-bond acceptors (Lipinski definition) is 3. The zero-order valence-corrected chi connectivity index (χ0v) is 13.6. The Kier molecular flexibility index (Phi) is 9.19. The van der Waals surface area contributed by atoms with Gasteiger partial charge in [0.25, 0.3) is 0 Å². The zero-order chi connectivity index (χ0) is 15.5. The van der Waals surface area contributed by atoms with Gasteiger partial charge in [-0.2, -0.15) is 4.39 Å². The van der Waals surface area contributed by atoms with Crippen LogP contribution in [-0.4, -0.2) is 18.3 Å². The van der Waals surface area contributed by atoms with Crippen LogP contribution in [0.1, 0.15) is 26.2 Å². The molecule has 1 aromatic carbocycles. The van der Waals surface area contributed by atoms with Crippen molar-refractivity contribution >= 4 is 29.3 Å².